The van der Waals surface area contributed by atoms with E-state index in [0.29, 0.717) is 0 Å². The van der Waals surface area contributed by atoms with Crippen LogP contribution in [0.15, 0.2) is 18.3 Å². The fraction of sp³-hybridized carbons (Fsp3) is 0.538. The van der Waals surface area contributed by atoms with E-state index >= 15 is 0 Å². The fourth-order valence-corrected chi connectivity index (χ4v) is 2.14. The molecular weight excluding hydrogens is 228 g/mol. The van der Waals surface area contributed by atoms with Gasteiger partial charge in [0, 0.05) is 33.1 Å². The lowest BCUT2D eigenvalue weighted by Crippen LogP contribution is -2.46. The number of aromatic nitrogens is 1. The largest absolute Gasteiger partial charge is 0.354 e. The third-order valence-corrected chi connectivity index (χ3v) is 3.21. The second-order valence-corrected chi connectivity index (χ2v) is 4.51. The van der Waals surface area contributed by atoms with Gasteiger partial charge in [0.2, 0.25) is 5.91 Å². The lowest BCUT2D eigenvalue weighted by molar-refractivity contribution is -0.114. The summed E-state index contributed by atoms with van der Waals surface area (Å²) in [5.74, 6) is 0.918. The lowest BCUT2D eigenvalue weighted by atomic mass is 10.3. The molecule has 0 radical (unpaired) electrons. The minimum absolute atomic E-state index is 0.0684. The van der Waals surface area contributed by atoms with Gasteiger partial charge in [0.1, 0.15) is 5.82 Å². The van der Waals surface area contributed by atoms with Gasteiger partial charge in [-0.3, -0.25) is 4.79 Å². The van der Waals surface area contributed by atoms with Crippen molar-refractivity contribution >= 4 is 17.4 Å². The second kappa shape index (κ2) is 5.82. The van der Waals surface area contributed by atoms with Crippen LogP contribution in [0.3, 0.4) is 0 Å². The van der Waals surface area contributed by atoms with E-state index in [2.05, 4.69) is 27.0 Å². The van der Waals surface area contributed by atoms with Crippen LogP contribution in [0, 0.1) is 0 Å². The molecule has 18 heavy (non-hydrogen) atoms. The van der Waals surface area contributed by atoms with Crippen LogP contribution in [-0.4, -0.2) is 48.5 Å². The summed E-state index contributed by atoms with van der Waals surface area (Å²) in [5.41, 5.74) is 0.749. The summed E-state index contributed by atoms with van der Waals surface area (Å²) >= 11 is 0. The molecule has 1 amide bonds. The third kappa shape index (κ3) is 3.20. The smallest absolute Gasteiger partial charge is 0.221 e. The molecule has 5 heteroatoms. The van der Waals surface area contributed by atoms with Crippen molar-refractivity contribution in [1.82, 2.24) is 9.88 Å². The molecule has 1 fully saturated rings. The van der Waals surface area contributed by atoms with E-state index in [4.69, 9.17) is 0 Å². The molecule has 0 aliphatic carbocycles. The molecule has 2 rings (SSSR count). The molecule has 1 saturated heterocycles. The van der Waals surface area contributed by atoms with E-state index in [1.807, 2.05) is 12.1 Å². The number of anilines is 2. The monoisotopic (exact) mass is 248 g/mol. The Bertz CT molecular complexity index is 396. The van der Waals surface area contributed by atoms with E-state index in [1.54, 1.807) is 6.20 Å². The summed E-state index contributed by atoms with van der Waals surface area (Å²) in [7, 11) is 0. The number of carbonyl (C=O) groups is 1. The number of pyridine rings is 1. The van der Waals surface area contributed by atoms with Crippen LogP contribution in [-0.2, 0) is 4.79 Å². The summed E-state index contributed by atoms with van der Waals surface area (Å²) in [5, 5.41) is 2.72. The Morgan fingerprint density at radius 3 is 2.56 bits per heavy atom. The van der Waals surface area contributed by atoms with Crippen LogP contribution in [0.4, 0.5) is 11.5 Å². The van der Waals surface area contributed by atoms with E-state index in [1.165, 1.54) is 6.92 Å². The van der Waals surface area contributed by atoms with Crippen molar-refractivity contribution in [3.63, 3.8) is 0 Å². The first-order chi connectivity index (χ1) is 8.69. The molecule has 98 valence electrons. The zero-order valence-corrected chi connectivity index (χ0v) is 11.0. The first-order valence-corrected chi connectivity index (χ1v) is 6.40. The Morgan fingerprint density at radius 2 is 2.06 bits per heavy atom. The highest BCUT2D eigenvalue weighted by Gasteiger charge is 2.16. The Balaban J connectivity index is 1.95. The average molecular weight is 248 g/mol. The molecular formula is C13H20N4O. The number of carbonyl (C=O) groups excluding carboxylic acids is 1. The van der Waals surface area contributed by atoms with Crippen LogP contribution in [0.5, 0.6) is 0 Å². The van der Waals surface area contributed by atoms with Gasteiger partial charge in [-0.05, 0) is 18.7 Å². The fourth-order valence-electron chi connectivity index (χ4n) is 2.14. The Labute approximate surface area is 108 Å². The molecule has 1 N–H and O–H groups in total. The van der Waals surface area contributed by atoms with Gasteiger partial charge >= 0.3 is 0 Å². The predicted octanol–water partition coefficient (Wildman–Crippen LogP) is 1.18. The number of nitrogens with one attached hydrogen (secondary N) is 1. The minimum atomic E-state index is -0.0684. The number of likely N-dealkylation sites (N-methyl/N-ethyl adjacent to an activating group) is 1. The van der Waals surface area contributed by atoms with E-state index in [-0.39, 0.29) is 5.91 Å². The second-order valence-electron chi connectivity index (χ2n) is 4.51. The number of hydrogen-bond donors (Lipinski definition) is 1. The van der Waals surface area contributed by atoms with Crippen molar-refractivity contribution in [1.29, 1.82) is 0 Å². The molecule has 1 aromatic rings. The zero-order valence-electron chi connectivity index (χ0n) is 11.0. The molecule has 0 unspecified atom stereocenters. The third-order valence-electron chi connectivity index (χ3n) is 3.21. The highest BCUT2D eigenvalue weighted by atomic mass is 16.1. The standard InChI is InChI=1S/C13H20N4O/c1-3-16-6-8-17(9-7-16)13-5-4-12(10-14-13)15-11(2)18/h4-5,10H,3,6-9H2,1-2H3,(H,15,18). The molecule has 2 heterocycles. The summed E-state index contributed by atoms with van der Waals surface area (Å²) in [6, 6.07) is 3.86. The summed E-state index contributed by atoms with van der Waals surface area (Å²) in [4.78, 5) is 20.0. The Morgan fingerprint density at radius 1 is 1.33 bits per heavy atom. The van der Waals surface area contributed by atoms with Gasteiger partial charge in [-0.1, -0.05) is 6.92 Å². The van der Waals surface area contributed by atoms with Crippen LogP contribution in [0.1, 0.15) is 13.8 Å². The van der Waals surface area contributed by atoms with Gasteiger partial charge in [-0.2, -0.15) is 0 Å². The number of nitrogens with zero attached hydrogens (tertiary/aromatic N) is 3. The molecule has 0 spiro atoms. The van der Waals surface area contributed by atoms with Crippen LogP contribution in [0.25, 0.3) is 0 Å². The maximum atomic E-state index is 10.9. The molecule has 1 aromatic heterocycles. The van der Waals surface area contributed by atoms with Crippen molar-refractivity contribution in [2.45, 2.75) is 13.8 Å². The van der Waals surface area contributed by atoms with Gasteiger partial charge < -0.3 is 15.1 Å². The van der Waals surface area contributed by atoms with Crippen molar-refractivity contribution in [3.05, 3.63) is 18.3 Å². The number of rotatable bonds is 3. The average Bonchev–Trinajstić information content (AvgIpc) is 2.39. The summed E-state index contributed by atoms with van der Waals surface area (Å²) in [6.45, 7) is 9.01. The van der Waals surface area contributed by atoms with Crippen molar-refractivity contribution in [2.75, 3.05) is 42.9 Å². The van der Waals surface area contributed by atoms with E-state index in [0.717, 1.165) is 44.2 Å². The van der Waals surface area contributed by atoms with Gasteiger partial charge in [0.25, 0.3) is 0 Å². The van der Waals surface area contributed by atoms with E-state index in [9.17, 15) is 4.79 Å². The maximum absolute atomic E-state index is 10.9. The quantitative estimate of drug-likeness (QED) is 0.872. The first-order valence-electron chi connectivity index (χ1n) is 6.40. The van der Waals surface area contributed by atoms with Gasteiger partial charge in [-0.15, -0.1) is 0 Å². The van der Waals surface area contributed by atoms with Crippen molar-refractivity contribution < 1.29 is 4.79 Å². The van der Waals surface area contributed by atoms with E-state index < -0.39 is 0 Å². The van der Waals surface area contributed by atoms with Crippen molar-refractivity contribution in [3.8, 4) is 0 Å². The topological polar surface area (TPSA) is 48.5 Å². The van der Waals surface area contributed by atoms with Gasteiger partial charge in [0.15, 0.2) is 0 Å². The number of piperazine rings is 1. The first kappa shape index (κ1) is 12.8. The van der Waals surface area contributed by atoms with Crippen LogP contribution in [0.2, 0.25) is 0 Å². The normalized spacial score (nSPS) is 16.7. The van der Waals surface area contributed by atoms with Crippen LogP contribution >= 0.6 is 0 Å². The summed E-state index contributed by atoms with van der Waals surface area (Å²) < 4.78 is 0. The van der Waals surface area contributed by atoms with Crippen LogP contribution < -0.4 is 10.2 Å². The van der Waals surface area contributed by atoms with Crippen molar-refractivity contribution in [2.24, 2.45) is 0 Å². The highest BCUT2D eigenvalue weighted by molar-refractivity contribution is 5.88. The molecule has 1 aliphatic rings. The Kier molecular flexibility index (Phi) is 4.15. The summed E-state index contributed by atoms with van der Waals surface area (Å²) in [6.07, 6.45) is 1.71. The molecule has 0 aromatic carbocycles. The number of amides is 1. The Hall–Kier alpha value is -1.62. The molecule has 0 saturated carbocycles. The highest BCUT2D eigenvalue weighted by Crippen LogP contribution is 2.15. The molecule has 0 bridgehead atoms. The molecule has 1 aliphatic heterocycles. The maximum Gasteiger partial charge on any atom is 0.221 e. The number of hydrogen-bond acceptors (Lipinski definition) is 4. The lowest BCUT2D eigenvalue weighted by Gasteiger charge is -2.34. The molecule has 0 atom stereocenters. The SMILES string of the molecule is CCN1CCN(c2ccc(NC(C)=O)cn2)CC1. The van der Waals surface area contributed by atoms with Gasteiger partial charge in [-0.25, -0.2) is 4.98 Å². The van der Waals surface area contributed by atoms with Gasteiger partial charge in [0.05, 0.1) is 11.9 Å². The molecule has 5 nitrogen and oxygen atoms in total. The zero-order chi connectivity index (χ0) is 13.0. The minimum Gasteiger partial charge on any atom is -0.354 e. The predicted molar refractivity (Wildman–Crippen MR) is 72.9 cm³/mol.